The number of benzene rings is 2. The minimum Gasteiger partial charge on any atom is -0.253 e. The van der Waals surface area contributed by atoms with Crippen LogP contribution in [0.15, 0.2) is 59.0 Å². The molecule has 0 aliphatic rings. The third-order valence-corrected chi connectivity index (χ3v) is 3.88. The zero-order valence-electron chi connectivity index (χ0n) is 12.0. The molecule has 112 valence electrons. The molecule has 0 aliphatic carbocycles. The molecule has 3 nitrogen and oxygen atoms in total. The second kappa shape index (κ2) is 6.86. The van der Waals surface area contributed by atoms with Crippen LogP contribution in [-0.4, -0.2) is 11.2 Å². The van der Waals surface area contributed by atoms with Crippen molar-refractivity contribution in [1.82, 2.24) is 4.98 Å². The Morgan fingerprint density at radius 3 is 2.78 bits per heavy atom. The van der Waals surface area contributed by atoms with Crippen molar-refractivity contribution in [2.75, 3.05) is 5.43 Å². The molecule has 0 unspecified atom stereocenters. The first-order chi connectivity index (χ1) is 11.3. The Bertz CT molecular complexity index is 879. The number of hydrazone groups is 1. The van der Waals surface area contributed by atoms with E-state index >= 15 is 0 Å². The molecule has 0 aliphatic heterocycles. The fourth-order valence-electron chi connectivity index (χ4n) is 2.01. The van der Waals surface area contributed by atoms with Gasteiger partial charge in [-0.2, -0.15) is 5.10 Å². The molecular weight excluding hydrogens is 309 g/mol. The number of nitrogens with zero attached hydrogens (tertiary/aromatic N) is 2. The van der Waals surface area contributed by atoms with E-state index in [1.165, 1.54) is 23.6 Å². The highest BCUT2D eigenvalue weighted by Crippen LogP contribution is 2.24. The average Bonchev–Trinajstić information content (AvgIpc) is 3.06. The highest BCUT2D eigenvalue weighted by Gasteiger charge is 2.05. The fourth-order valence-corrected chi connectivity index (χ4v) is 2.68. The molecule has 5 heteroatoms. The van der Waals surface area contributed by atoms with Crippen LogP contribution in [0.25, 0.3) is 11.3 Å². The van der Waals surface area contributed by atoms with E-state index in [2.05, 4.69) is 21.4 Å². The summed E-state index contributed by atoms with van der Waals surface area (Å²) in [7, 11) is 0. The maximum Gasteiger partial charge on any atom is 0.203 e. The van der Waals surface area contributed by atoms with Gasteiger partial charge < -0.3 is 0 Å². The second-order valence-electron chi connectivity index (χ2n) is 4.62. The van der Waals surface area contributed by atoms with Gasteiger partial charge in [-0.25, -0.2) is 9.37 Å². The normalized spacial score (nSPS) is 10.6. The highest BCUT2D eigenvalue weighted by molar-refractivity contribution is 7.14. The number of rotatable bonds is 4. The van der Waals surface area contributed by atoms with E-state index in [0.717, 1.165) is 11.3 Å². The molecule has 3 rings (SSSR count). The summed E-state index contributed by atoms with van der Waals surface area (Å²) >= 11 is 1.42. The molecular formula is C18H12FN3S. The van der Waals surface area contributed by atoms with Gasteiger partial charge in [-0.3, -0.25) is 5.43 Å². The third kappa shape index (κ3) is 3.44. The Labute approximate surface area is 137 Å². The maximum absolute atomic E-state index is 13.8. The van der Waals surface area contributed by atoms with Crippen molar-refractivity contribution >= 4 is 22.7 Å². The van der Waals surface area contributed by atoms with E-state index in [1.54, 1.807) is 12.1 Å². The first kappa shape index (κ1) is 14.9. The van der Waals surface area contributed by atoms with Crippen LogP contribution in [0.4, 0.5) is 9.52 Å². The molecule has 0 spiro atoms. The first-order valence-electron chi connectivity index (χ1n) is 6.83. The van der Waals surface area contributed by atoms with Gasteiger partial charge in [0.2, 0.25) is 5.13 Å². The fraction of sp³-hybridized carbons (Fsp3) is 0. The van der Waals surface area contributed by atoms with Crippen molar-refractivity contribution in [3.05, 3.63) is 70.9 Å². The molecule has 23 heavy (non-hydrogen) atoms. The van der Waals surface area contributed by atoms with Crippen molar-refractivity contribution in [1.29, 1.82) is 0 Å². The standard InChI is InChI=1S/C18H12FN3S/c1-2-13-9-6-10-16(19)15(13)11-20-22-18-21-17(12-23-18)14-7-4-3-5-8-14/h1,3-12H,(H,21,22). The SMILES string of the molecule is C#Cc1cccc(F)c1C=NNc1nc(-c2ccccc2)cs1. The molecule has 0 radical (unpaired) electrons. The van der Waals surface area contributed by atoms with Gasteiger partial charge in [-0.05, 0) is 12.1 Å². The van der Waals surface area contributed by atoms with Crippen molar-refractivity contribution < 1.29 is 4.39 Å². The predicted molar refractivity (Wildman–Crippen MR) is 93.1 cm³/mol. The number of hydrogen-bond acceptors (Lipinski definition) is 4. The number of halogens is 1. The lowest BCUT2D eigenvalue weighted by molar-refractivity contribution is 0.625. The molecule has 0 saturated carbocycles. The third-order valence-electron chi connectivity index (χ3n) is 3.14. The van der Waals surface area contributed by atoms with Crippen LogP contribution in [0.5, 0.6) is 0 Å². The second-order valence-corrected chi connectivity index (χ2v) is 5.48. The lowest BCUT2D eigenvalue weighted by Gasteiger charge is -2.00. The molecule has 2 aromatic carbocycles. The lowest BCUT2D eigenvalue weighted by Crippen LogP contribution is -1.96. The Hall–Kier alpha value is -2.97. The Kier molecular flexibility index (Phi) is 4.46. The molecule has 0 saturated heterocycles. The lowest BCUT2D eigenvalue weighted by atomic mass is 10.1. The van der Waals surface area contributed by atoms with Crippen molar-refractivity contribution in [3.63, 3.8) is 0 Å². The average molecular weight is 321 g/mol. The van der Waals surface area contributed by atoms with Crippen LogP contribution in [0.2, 0.25) is 0 Å². The topological polar surface area (TPSA) is 37.3 Å². The maximum atomic E-state index is 13.8. The van der Waals surface area contributed by atoms with E-state index < -0.39 is 5.82 Å². The quantitative estimate of drug-likeness (QED) is 0.440. The van der Waals surface area contributed by atoms with Crippen molar-refractivity contribution in [3.8, 4) is 23.6 Å². The van der Waals surface area contributed by atoms with Gasteiger partial charge in [-0.1, -0.05) is 42.3 Å². The summed E-state index contributed by atoms with van der Waals surface area (Å²) in [4.78, 5) is 4.44. The Morgan fingerprint density at radius 1 is 1.17 bits per heavy atom. The number of terminal acetylenes is 1. The summed E-state index contributed by atoms with van der Waals surface area (Å²) in [6, 6.07) is 14.4. The Morgan fingerprint density at radius 2 is 2.00 bits per heavy atom. The highest BCUT2D eigenvalue weighted by atomic mass is 32.1. The zero-order chi connectivity index (χ0) is 16.1. The molecule has 1 heterocycles. The zero-order valence-corrected chi connectivity index (χ0v) is 12.8. The van der Waals surface area contributed by atoms with Gasteiger partial charge in [0.05, 0.1) is 11.9 Å². The molecule has 0 fully saturated rings. The number of thiazole rings is 1. The number of hydrogen-bond donors (Lipinski definition) is 1. The number of aromatic nitrogens is 1. The number of anilines is 1. The molecule has 0 amide bonds. The summed E-state index contributed by atoms with van der Waals surface area (Å²) in [6.07, 6.45) is 6.73. The van der Waals surface area contributed by atoms with Gasteiger partial charge >= 0.3 is 0 Å². The molecule has 1 N–H and O–H groups in total. The monoisotopic (exact) mass is 321 g/mol. The van der Waals surface area contributed by atoms with Crippen LogP contribution in [0, 0.1) is 18.2 Å². The van der Waals surface area contributed by atoms with E-state index in [-0.39, 0.29) is 5.56 Å². The summed E-state index contributed by atoms with van der Waals surface area (Å²) in [5.74, 6) is 2.03. The van der Waals surface area contributed by atoms with Crippen molar-refractivity contribution in [2.45, 2.75) is 0 Å². The first-order valence-corrected chi connectivity index (χ1v) is 7.71. The minimum absolute atomic E-state index is 0.280. The van der Waals surface area contributed by atoms with Crippen LogP contribution < -0.4 is 5.43 Å². The van der Waals surface area contributed by atoms with Crippen LogP contribution in [0.3, 0.4) is 0 Å². The van der Waals surface area contributed by atoms with Gasteiger partial charge in [0.1, 0.15) is 5.82 Å². The molecule has 0 bridgehead atoms. The van der Waals surface area contributed by atoms with Gasteiger partial charge in [0.25, 0.3) is 0 Å². The smallest absolute Gasteiger partial charge is 0.203 e. The summed E-state index contributed by atoms with van der Waals surface area (Å²) in [5.41, 5.74) is 5.44. The van der Waals surface area contributed by atoms with Gasteiger partial charge in [0.15, 0.2) is 0 Å². The predicted octanol–water partition coefficient (Wildman–Crippen LogP) is 4.38. The summed E-state index contributed by atoms with van der Waals surface area (Å²) in [5, 5.41) is 6.58. The minimum atomic E-state index is -0.407. The van der Waals surface area contributed by atoms with E-state index in [4.69, 9.17) is 6.42 Å². The van der Waals surface area contributed by atoms with Crippen LogP contribution >= 0.6 is 11.3 Å². The molecule has 0 atom stereocenters. The van der Waals surface area contributed by atoms with Gasteiger partial charge in [0, 0.05) is 22.1 Å². The largest absolute Gasteiger partial charge is 0.253 e. The van der Waals surface area contributed by atoms with E-state index in [1.807, 2.05) is 35.7 Å². The van der Waals surface area contributed by atoms with Crippen LogP contribution in [0.1, 0.15) is 11.1 Å². The number of nitrogens with one attached hydrogen (secondary N) is 1. The van der Waals surface area contributed by atoms with Crippen LogP contribution in [-0.2, 0) is 0 Å². The molecule has 1 aromatic heterocycles. The van der Waals surface area contributed by atoms with E-state index in [0.29, 0.717) is 10.7 Å². The molecule has 3 aromatic rings. The Balaban J connectivity index is 1.75. The van der Waals surface area contributed by atoms with Gasteiger partial charge in [-0.15, -0.1) is 17.8 Å². The van der Waals surface area contributed by atoms with Crippen molar-refractivity contribution in [2.24, 2.45) is 5.10 Å². The summed E-state index contributed by atoms with van der Waals surface area (Å²) in [6.45, 7) is 0. The summed E-state index contributed by atoms with van der Waals surface area (Å²) < 4.78 is 13.8. The van der Waals surface area contributed by atoms with E-state index in [9.17, 15) is 4.39 Å².